The van der Waals surface area contributed by atoms with Crippen molar-refractivity contribution in [3.05, 3.63) is 69.8 Å². The fraction of sp³-hybridized carbons (Fsp3) is 0.304. The van der Waals surface area contributed by atoms with E-state index in [2.05, 4.69) is 0 Å². The molecule has 0 aromatic heterocycles. The van der Waals surface area contributed by atoms with Gasteiger partial charge in [0.1, 0.15) is 11.5 Å². The smallest absolute Gasteiger partial charge is 0.295 e. The molecule has 1 N–H and O–H groups in total. The number of aliphatic hydroxyl groups excluding tert-OH is 1. The molecule has 1 fully saturated rings. The number of carbonyl (C=O) groups is 2. The summed E-state index contributed by atoms with van der Waals surface area (Å²) in [5.41, 5.74) is 1.94. The summed E-state index contributed by atoms with van der Waals surface area (Å²) in [6.45, 7) is 2.67. The van der Waals surface area contributed by atoms with Gasteiger partial charge in [-0.1, -0.05) is 35.9 Å². The number of ketones is 1. The molecule has 1 unspecified atom stereocenters. The van der Waals surface area contributed by atoms with Crippen LogP contribution in [-0.2, 0) is 14.3 Å². The monoisotopic (exact) mass is 429 g/mol. The number of nitrogens with zero attached hydrogens (tertiary/aromatic N) is 1. The molecular weight excluding hydrogens is 406 g/mol. The van der Waals surface area contributed by atoms with E-state index in [1.165, 1.54) is 12.0 Å². The minimum absolute atomic E-state index is 0.0156. The zero-order chi connectivity index (χ0) is 21.8. The molecule has 2 aromatic rings. The van der Waals surface area contributed by atoms with Gasteiger partial charge < -0.3 is 19.5 Å². The van der Waals surface area contributed by atoms with Gasteiger partial charge >= 0.3 is 0 Å². The second-order valence-electron chi connectivity index (χ2n) is 7.04. The van der Waals surface area contributed by atoms with Crippen molar-refractivity contribution in [2.24, 2.45) is 0 Å². The van der Waals surface area contributed by atoms with Crippen LogP contribution in [0.2, 0.25) is 5.02 Å². The lowest BCUT2D eigenvalue weighted by molar-refractivity contribution is -0.140. The fourth-order valence-corrected chi connectivity index (χ4v) is 3.87. The number of carbonyl (C=O) groups excluding carboxylic acids is 2. The normalized spacial score (nSPS) is 18.1. The molecule has 30 heavy (non-hydrogen) atoms. The third-order valence-corrected chi connectivity index (χ3v) is 5.53. The Morgan fingerprint density at radius 2 is 1.90 bits per heavy atom. The molecule has 1 heterocycles. The van der Waals surface area contributed by atoms with Crippen LogP contribution in [-0.4, -0.2) is 49.1 Å². The van der Waals surface area contributed by atoms with Crippen LogP contribution in [0.25, 0.3) is 5.76 Å². The number of aliphatic hydroxyl groups is 1. The largest absolute Gasteiger partial charge is 0.507 e. The Bertz CT molecular complexity index is 1000. The first-order valence-electron chi connectivity index (χ1n) is 9.57. The molecule has 3 rings (SSSR count). The molecule has 1 aliphatic heterocycles. The van der Waals surface area contributed by atoms with Gasteiger partial charge in [-0.15, -0.1) is 0 Å². The van der Waals surface area contributed by atoms with Crippen LogP contribution < -0.4 is 4.74 Å². The highest BCUT2D eigenvalue weighted by molar-refractivity contribution is 6.47. The molecule has 1 atom stereocenters. The molecule has 1 amide bonds. The molecule has 2 aromatic carbocycles. The summed E-state index contributed by atoms with van der Waals surface area (Å²) in [5, 5.41) is 11.4. The molecule has 0 aliphatic carbocycles. The van der Waals surface area contributed by atoms with Crippen molar-refractivity contribution in [3.8, 4) is 5.75 Å². The maximum absolute atomic E-state index is 13.0. The van der Waals surface area contributed by atoms with Gasteiger partial charge in [-0.05, 0) is 42.7 Å². The van der Waals surface area contributed by atoms with Gasteiger partial charge in [-0.3, -0.25) is 9.59 Å². The van der Waals surface area contributed by atoms with E-state index in [-0.39, 0.29) is 21.9 Å². The number of likely N-dealkylation sites (tertiary alicyclic amines) is 1. The van der Waals surface area contributed by atoms with Crippen molar-refractivity contribution in [1.29, 1.82) is 0 Å². The van der Waals surface area contributed by atoms with E-state index < -0.39 is 17.7 Å². The van der Waals surface area contributed by atoms with Crippen LogP contribution in [0.3, 0.4) is 0 Å². The third kappa shape index (κ3) is 4.06. The topological polar surface area (TPSA) is 76.1 Å². The van der Waals surface area contributed by atoms with E-state index in [9.17, 15) is 14.7 Å². The number of hydrogen-bond acceptors (Lipinski definition) is 5. The van der Waals surface area contributed by atoms with E-state index in [1.807, 2.05) is 31.2 Å². The minimum atomic E-state index is -0.739. The Hall–Kier alpha value is -2.83. The molecule has 0 radical (unpaired) electrons. The summed E-state index contributed by atoms with van der Waals surface area (Å²) in [5.74, 6) is -1.24. The zero-order valence-corrected chi connectivity index (χ0v) is 17.9. The van der Waals surface area contributed by atoms with Gasteiger partial charge in [0.15, 0.2) is 0 Å². The zero-order valence-electron chi connectivity index (χ0n) is 17.1. The number of hydrogen-bond donors (Lipinski definition) is 1. The van der Waals surface area contributed by atoms with Crippen LogP contribution in [0.5, 0.6) is 5.75 Å². The van der Waals surface area contributed by atoms with Gasteiger partial charge in [-0.2, -0.15) is 0 Å². The van der Waals surface area contributed by atoms with Crippen molar-refractivity contribution in [2.75, 3.05) is 27.4 Å². The van der Waals surface area contributed by atoms with Crippen LogP contribution in [0.1, 0.15) is 29.2 Å². The first-order valence-corrected chi connectivity index (χ1v) is 9.95. The molecule has 7 heteroatoms. The fourth-order valence-electron chi connectivity index (χ4n) is 3.66. The van der Waals surface area contributed by atoms with E-state index >= 15 is 0 Å². The first kappa shape index (κ1) is 21.9. The molecule has 0 bridgehead atoms. The highest BCUT2D eigenvalue weighted by atomic mass is 35.5. The lowest BCUT2D eigenvalue weighted by atomic mass is 9.92. The minimum Gasteiger partial charge on any atom is -0.507 e. The second-order valence-corrected chi connectivity index (χ2v) is 7.45. The highest BCUT2D eigenvalue weighted by Crippen LogP contribution is 2.42. The van der Waals surface area contributed by atoms with Gasteiger partial charge in [0.2, 0.25) is 0 Å². The molecule has 1 aliphatic rings. The third-order valence-electron chi connectivity index (χ3n) is 5.20. The summed E-state index contributed by atoms with van der Waals surface area (Å²) in [7, 11) is 3.08. The van der Waals surface area contributed by atoms with Crippen LogP contribution in [0, 0.1) is 6.92 Å². The lowest BCUT2D eigenvalue weighted by Gasteiger charge is -2.26. The Kier molecular flexibility index (Phi) is 6.80. The van der Waals surface area contributed by atoms with Gasteiger partial charge in [-0.25, -0.2) is 0 Å². The molecule has 0 spiro atoms. The average molecular weight is 430 g/mol. The number of ether oxygens (including phenoxy) is 2. The van der Waals surface area contributed by atoms with Crippen molar-refractivity contribution in [3.63, 3.8) is 0 Å². The number of methoxy groups -OCH3 is 2. The van der Waals surface area contributed by atoms with Gasteiger partial charge in [0.05, 0.1) is 23.7 Å². The molecule has 6 nitrogen and oxygen atoms in total. The molecule has 0 saturated carbocycles. The predicted octanol–water partition coefficient (Wildman–Crippen LogP) is 4.12. The lowest BCUT2D eigenvalue weighted by Crippen LogP contribution is -2.31. The Morgan fingerprint density at radius 1 is 1.17 bits per heavy atom. The van der Waals surface area contributed by atoms with E-state index in [0.717, 1.165) is 11.1 Å². The van der Waals surface area contributed by atoms with Crippen molar-refractivity contribution in [1.82, 2.24) is 4.90 Å². The summed E-state index contributed by atoms with van der Waals surface area (Å²) in [6, 6.07) is 11.5. The van der Waals surface area contributed by atoms with E-state index in [1.54, 1.807) is 25.3 Å². The SMILES string of the molecule is COCCCN1C(=O)C(=O)/C(=C(/O)c2cc(OC)ccc2Cl)C1c1ccccc1C. The van der Waals surface area contributed by atoms with Crippen molar-refractivity contribution >= 4 is 29.1 Å². The van der Waals surface area contributed by atoms with Crippen LogP contribution >= 0.6 is 11.6 Å². The molecule has 158 valence electrons. The Balaban J connectivity index is 2.19. The van der Waals surface area contributed by atoms with E-state index in [4.69, 9.17) is 21.1 Å². The molecular formula is C23H24ClNO5. The van der Waals surface area contributed by atoms with E-state index in [0.29, 0.717) is 25.3 Å². The number of rotatable bonds is 7. The van der Waals surface area contributed by atoms with Crippen LogP contribution in [0.4, 0.5) is 0 Å². The number of Topliss-reactive ketones (excluding diaryl/α,β-unsaturated/α-hetero) is 1. The summed E-state index contributed by atoms with van der Waals surface area (Å²) in [6.07, 6.45) is 0.561. The number of halogens is 1. The summed E-state index contributed by atoms with van der Waals surface area (Å²) in [4.78, 5) is 27.4. The summed E-state index contributed by atoms with van der Waals surface area (Å²) < 4.78 is 10.3. The number of benzene rings is 2. The second kappa shape index (κ2) is 9.32. The maximum Gasteiger partial charge on any atom is 0.295 e. The standard InChI is InChI=1S/C23H24ClNO5/c1-14-7-4-5-8-16(14)20-19(22(27)23(28)25(20)11-6-12-29-2)21(26)17-13-15(30-3)9-10-18(17)24/h4-5,7-10,13,20,26H,6,11-12H2,1-3H3/b21-19+. The number of amides is 1. The Labute approximate surface area is 180 Å². The highest BCUT2D eigenvalue weighted by Gasteiger charge is 2.46. The predicted molar refractivity (Wildman–Crippen MR) is 115 cm³/mol. The molecule has 1 saturated heterocycles. The quantitative estimate of drug-likeness (QED) is 0.310. The van der Waals surface area contributed by atoms with Crippen molar-refractivity contribution < 1.29 is 24.2 Å². The maximum atomic E-state index is 13.0. The van der Waals surface area contributed by atoms with Gasteiger partial charge in [0.25, 0.3) is 11.7 Å². The van der Waals surface area contributed by atoms with Crippen molar-refractivity contribution in [2.45, 2.75) is 19.4 Å². The number of aryl methyl sites for hydroxylation is 1. The van der Waals surface area contributed by atoms with Gasteiger partial charge in [0, 0.05) is 25.8 Å². The van der Waals surface area contributed by atoms with Crippen LogP contribution in [0.15, 0.2) is 48.0 Å². The average Bonchev–Trinajstić information content (AvgIpc) is 2.99. The first-order chi connectivity index (χ1) is 14.4. The Morgan fingerprint density at radius 3 is 2.57 bits per heavy atom. The summed E-state index contributed by atoms with van der Waals surface area (Å²) >= 11 is 6.30.